The van der Waals surface area contributed by atoms with Gasteiger partial charge in [-0.2, -0.15) is 13.2 Å². The predicted octanol–water partition coefficient (Wildman–Crippen LogP) is 0.726. The number of alkyl halides is 3. The van der Waals surface area contributed by atoms with E-state index in [2.05, 4.69) is 4.99 Å². The van der Waals surface area contributed by atoms with Gasteiger partial charge in [0.25, 0.3) is 0 Å². The van der Waals surface area contributed by atoms with Gasteiger partial charge in [0.2, 0.25) is 6.04 Å². The summed E-state index contributed by atoms with van der Waals surface area (Å²) < 4.78 is 34.9. The van der Waals surface area contributed by atoms with Gasteiger partial charge in [0.1, 0.15) is 0 Å². The number of hydrogen-bond acceptors (Lipinski definition) is 2. The Morgan fingerprint density at radius 1 is 1.60 bits per heavy atom. The fourth-order valence-electron chi connectivity index (χ4n) is 0.552. The van der Waals surface area contributed by atoms with E-state index in [4.69, 9.17) is 0 Å². The van der Waals surface area contributed by atoms with Crippen molar-refractivity contribution in [2.75, 3.05) is 0 Å². The Balaban J connectivity index is 2.79. The highest BCUT2D eigenvalue weighted by molar-refractivity contribution is 6.04. The van der Waals surface area contributed by atoms with Crippen molar-refractivity contribution in [2.24, 2.45) is 4.99 Å². The van der Waals surface area contributed by atoms with Gasteiger partial charge in [0, 0.05) is 6.08 Å². The smallest absolute Gasteiger partial charge is 0.291 e. The predicted molar refractivity (Wildman–Crippen MR) is 26.9 cm³/mol. The number of rotatable bonds is 0. The van der Waals surface area contributed by atoms with Crippen LogP contribution < -0.4 is 0 Å². The molecule has 1 atom stereocenters. The summed E-state index contributed by atoms with van der Waals surface area (Å²) in [6.45, 7) is 0. The molecule has 0 radical (unpaired) electrons. The van der Waals surface area contributed by atoms with Gasteiger partial charge in [-0.15, -0.1) is 0 Å². The van der Waals surface area contributed by atoms with Crippen LogP contribution >= 0.6 is 0 Å². The zero-order valence-electron chi connectivity index (χ0n) is 4.64. The average molecular weight is 149 g/mol. The van der Waals surface area contributed by atoms with Crippen LogP contribution in [0.4, 0.5) is 13.2 Å². The molecule has 0 saturated carbocycles. The van der Waals surface area contributed by atoms with Crippen LogP contribution in [-0.2, 0) is 4.79 Å². The molecule has 1 unspecified atom stereocenters. The molecule has 0 aliphatic carbocycles. The number of carbonyl (C=O) groups excluding carboxylic acids is 1. The maximum atomic E-state index is 11.6. The van der Waals surface area contributed by atoms with E-state index in [0.717, 1.165) is 0 Å². The molecule has 54 valence electrons. The molecule has 0 aromatic rings. The molecule has 0 aromatic heterocycles. The third-order valence-corrected chi connectivity index (χ3v) is 0.990. The molecule has 1 heterocycles. The summed E-state index contributed by atoms with van der Waals surface area (Å²) in [5.41, 5.74) is 0. The fourth-order valence-corrected chi connectivity index (χ4v) is 0.552. The highest BCUT2D eigenvalue weighted by atomic mass is 19.4. The SMILES string of the molecule is O=C1C=C=NC1C(F)(F)F. The Morgan fingerprint density at radius 3 is 2.40 bits per heavy atom. The number of halogens is 3. The minimum Gasteiger partial charge on any atom is -0.291 e. The number of aliphatic imine (C=N–C) groups is 1. The van der Waals surface area contributed by atoms with E-state index in [1.54, 1.807) is 0 Å². The number of nitrogens with zero attached hydrogens (tertiary/aromatic N) is 1. The second-order valence-electron chi connectivity index (χ2n) is 1.75. The van der Waals surface area contributed by atoms with Gasteiger partial charge < -0.3 is 0 Å². The maximum absolute atomic E-state index is 11.6. The van der Waals surface area contributed by atoms with Crippen LogP contribution in [0.3, 0.4) is 0 Å². The van der Waals surface area contributed by atoms with E-state index in [-0.39, 0.29) is 0 Å². The minimum atomic E-state index is -4.56. The molecule has 0 saturated heterocycles. The summed E-state index contributed by atoms with van der Waals surface area (Å²) in [4.78, 5) is 13.1. The molecule has 10 heavy (non-hydrogen) atoms. The third-order valence-electron chi connectivity index (χ3n) is 0.990. The quantitative estimate of drug-likeness (QED) is 0.499. The van der Waals surface area contributed by atoms with Crippen molar-refractivity contribution in [1.82, 2.24) is 0 Å². The molecular formula is C5H2F3NO. The van der Waals surface area contributed by atoms with E-state index in [1.807, 2.05) is 5.87 Å². The lowest BCUT2D eigenvalue weighted by molar-refractivity contribution is -0.156. The second-order valence-corrected chi connectivity index (χ2v) is 1.75. The first-order chi connectivity index (χ1) is 4.52. The maximum Gasteiger partial charge on any atom is 0.419 e. The van der Waals surface area contributed by atoms with Crippen molar-refractivity contribution in [1.29, 1.82) is 0 Å². The summed E-state index contributed by atoms with van der Waals surface area (Å²) in [5, 5.41) is 0. The minimum absolute atomic E-state index is 0.693. The van der Waals surface area contributed by atoms with Crippen LogP contribution in [0.5, 0.6) is 0 Å². The van der Waals surface area contributed by atoms with Gasteiger partial charge in [0.15, 0.2) is 5.78 Å². The molecule has 1 aliphatic rings. The zero-order chi connectivity index (χ0) is 7.78. The first-order valence-electron chi connectivity index (χ1n) is 2.41. The van der Waals surface area contributed by atoms with Crippen LogP contribution in [0.15, 0.2) is 11.1 Å². The number of ketones is 1. The third kappa shape index (κ3) is 1.09. The lowest BCUT2D eigenvalue weighted by Crippen LogP contribution is -2.31. The van der Waals surface area contributed by atoms with Crippen LogP contribution in [0.2, 0.25) is 0 Å². The number of hydrogen-bond donors (Lipinski definition) is 0. The first-order valence-corrected chi connectivity index (χ1v) is 2.41. The van der Waals surface area contributed by atoms with Crippen LogP contribution in [-0.4, -0.2) is 23.9 Å². The van der Waals surface area contributed by atoms with Crippen molar-refractivity contribution in [3.63, 3.8) is 0 Å². The highest BCUT2D eigenvalue weighted by Gasteiger charge is 2.45. The van der Waals surface area contributed by atoms with Crippen molar-refractivity contribution in [3.8, 4) is 0 Å². The molecular weight excluding hydrogens is 147 g/mol. The van der Waals surface area contributed by atoms with Crippen molar-refractivity contribution in [2.45, 2.75) is 12.2 Å². The summed E-state index contributed by atoms with van der Waals surface area (Å²) >= 11 is 0. The molecule has 2 nitrogen and oxygen atoms in total. The summed E-state index contributed by atoms with van der Waals surface area (Å²) in [6.07, 6.45) is -3.87. The lowest BCUT2D eigenvalue weighted by Gasteiger charge is -2.08. The standard InChI is InChI=1S/C5H2F3NO/c6-5(7,8)4-3(10)1-2-9-4/h1,4H. The lowest BCUT2D eigenvalue weighted by atomic mass is 10.2. The Hall–Kier alpha value is -1.09. The van der Waals surface area contributed by atoms with Crippen molar-refractivity contribution < 1.29 is 18.0 Å². The molecule has 1 rings (SSSR count). The number of carbonyl (C=O) groups is 1. The molecule has 0 amide bonds. The Morgan fingerprint density at radius 2 is 2.20 bits per heavy atom. The molecule has 0 N–H and O–H groups in total. The summed E-state index contributed by atoms with van der Waals surface area (Å²) in [6, 6.07) is -2.20. The largest absolute Gasteiger partial charge is 0.419 e. The first kappa shape index (κ1) is 7.02. The monoisotopic (exact) mass is 149 g/mol. The summed E-state index contributed by atoms with van der Waals surface area (Å²) in [5.74, 6) is 0.810. The average Bonchev–Trinajstić information content (AvgIpc) is 2.11. The Kier molecular flexibility index (Phi) is 1.37. The highest BCUT2D eigenvalue weighted by Crippen LogP contribution is 2.24. The van der Waals surface area contributed by atoms with Gasteiger partial charge in [0.05, 0.1) is 0 Å². The van der Waals surface area contributed by atoms with Crippen LogP contribution in [0, 0.1) is 0 Å². The van der Waals surface area contributed by atoms with E-state index in [9.17, 15) is 18.0 Å². The van der Waals surface area contributed by atoms with E-state index >= 15 is 0 Å². The molecule has 5 heteroatoms. The molecule has 0 aromatic carbocycles. The normalized spacial score (nSPS) is 24.3. The van der Waals surface area contributed by atoms with Gasteiger partial charge in [-0.25, -0.2) is 4.99 Å². The molecule has 0 bridgehead atoms. The van der Waals surface area contributed by atoms with E-state index < -0.39 is 18.0 Å². The van der Waals surface area contributed by atoms with Gasteiger partial charge >= 0.3 is 6.18 Å². The zero-order valence-corrected chi connectivity index (χ0v) is 4.64. The van der Waals surface area contributed by atoms with Crippen molar-refractivity contribution in [3.05, 3.63) is 6.08 Å². The van der Waals surface area contributed by atoms with Gasteiger partial charge in [-0.05, 0) is 5.87 Å². The van der Waals surface area contributed by atoms with Gasteiger partial charge in [-0.1, -0.05) is 0 Å². The molecule has 0 fully saturated rings. The van der Waals surface area contributed by atoms with E-state index in [0.29, 0.717) is 6.08 Å². The Bertz CT molecular complexity index is 224. The fraction of sp³-hybridized carbons (Fsp3) is 0.400. The van der Waals surface area contributed by atoms with Crippen molar-refractivity contribution >= 4 is 11.7 Å². The van der Waals surface area contributed by atoms with Gasteiger partial charge in [-0.3, -0.25) is 4.79 Å². The van der Waals surface area contributed by atoms with Crippen LogP contribution in [0.25, 0.3) is 0 Å². The molecule has 1 aliphatic heterocycles. The Labute approximate surface area is 54.1 Å². The summed E-state index contributed by atoms with van der Waals surface area (Å²) in [7, 11) is 0. The second kappa shape index (κ2) is 1.95. The van der Waals surface area contributed by atoms with E-state index in [1.165, 1.54) is 0 Å². The molecule has 0 spiro atoms. The topological polar surface area (TPSA) is 29.4 Å². The van der Waals surface area contributed by atoms with Crippen LogP contribution in [0.1, 0.15) is 0 Å².